The zero-order valence-electron chi connectivity index (χ0n) is 12.1. The molecule has 0 amide bonds. The number of nitrogens with two attached hydrogens (primary N) is 1. The first kappa shape index (κ1) is 14.6. The van der Waals surface area contributed by atoms with Crippen LogP contribution in [0.15, 0.2) is 29.6 Å². The number of rotatable bonds is 6. The third kappa shape index (κ3) is 3.41. The Morgan fingerprint density at radius 2 is 2.19 bits per heavy atom. The van der Waals surface area contributed by atoms with Crippen molar-refractivity contribution in [3.63, 3.8) is 0 Å². The van der Waals surface area contributed by atoms with E-state index in [1.165, 1.54) is 17.2 Å². The summed E-state index contributed by atoms with van der Waals surface area (Å²) in [6.45, 7) is 5.92. The molecule has 1 aromatic heterocycles. The highest BCUT2D eigenvalue weighted by atomic mass is 16.3. The van der Waals surface area contributed by atoms with Crippen molar-refractivity contribution in [1.82, 2.24) is 14.9 Å². The number of benzene rings is 1. The molecule has 0 bridgehead atoms. The lowest BCUT2D eigenvalue weighted by molar-refractivity contribution is 0.474. The zero-order chi connectivity index (χ0) is 15.2. The summed E-state index contributed by atoms with van der Waals surface area (Å²) in [5.74, 6) is 6.01. The van der Waals surface area contributed by atoms with Crippen molar-refractivity contribution in [3.05, 3.63) is 30.1 Å². The molecule has 0 aliphatic heterocycles. The van der Waals surface area contributed by atoms with Crippen molar-refractivity contribution < 1.29 is 5.11 Å². The van der Waals surface area contributed by atoms with Gasteiger partial charge in [0.05, 0.1) is 6.21 Å². The van der Waals surface area contributed by atoms with Crippen molar-refractivity contribution in [2.75, 3.05) is 29.3 Å². The number of phenols is 1. The summed E-state index contributed by atoms with van der Waals surface area (Å²) < 4.78 is 1.21. The number of nitrogen functional groups attached to an aromatic ring is 1. The van der Waals surface area contributed by atoms with Gasteiger partial charge in [0.1, 0.15) is 12.1 Å². The highest BCUT2D eigenvalue weighted by Crippen LogP contribution is 2.23. The van der Waals surface area contributed by atoms with Gasteiger partial charge >= 0.3 is 0 Å². The first-order valence-corrected chi connectivity index (χ1v) is 6.67. The van der Waals surface area contributed by atoms with Gasteiger partial charge in [0.2, 0.25) is 0 Å². The summed E-state index contributed by atoms with van der Waals surface area (Å²) in [6, 6.07) is 5.47. The molecule has 8 heteroatoms. The van der Waals surface area contributed by atoms with Crippen LogP contribution in [0.5, 0.6) is 5.75 Å². The molecule has 0 unspecified atom stereocenters. The fourth-order valence-corrected chi connectivity index (χ4v) is 1.91. The number of nitrogens with zero attached hydrogens (tertiary/aromatic N) is 5. The van der Waals surface area contributed by atoms with E-state index in [4.69, 9.17) is 5.84 Å². The van der Waals surface area contributed by atoms with E-state index in [1.54, 1.807) is 12.1 Å². The monoisotopic (exact) mass is 289 g/mol. The van der Waals surface area contributed by atoms with Crippen LogP contribution in [-0.2, 0) is 0 Å². The molecule has 0 atom stereocenters. The van der Waals surface area contributed by atoms with Crippen LogP contribution in [0.2, 0.25) is 0 Å². The van der Waals surface area contributed by atoms with Gasteiger partial charge in [-0.2, -0.15) is 5.10 Å². The summed E-state index contributed by atoms with van der Waals surface area (Å²) in [5, 5.41) is 21.3. The fraction of sp³-hybridized carbons (Fsp3) is 0.308. The second-order valence-electron chi connectivity index (χ2n) is 4.35. The Kier molecular flexibility index (Phi) is 4.60. The van der Waals surface area contributed by atoms with E-state index in [0.717, 1.165) is 18.8 Å². The van der Waals surface area contributed by atoms with Crippen LogP contribution in [0, 0.1) is 0 Å². The normalized spacial score (nSPS) is 11.0. The largest absolute Gasteiger partial charge is 0.507 e. The molecular weight excluding hydrogens is 270 g/mol. The van der Waals surface area contributed by atoms with E-state index in [0.29, 0.717) is 11.5 Å². The number of anilines is 2. The minimum atomic E-state index is 0.166. The average Bonchev–Trinajstić information content (AvgIpc) is 2.88. The van der Waals surface area contributed by atoms with Crippen LogP contribution < -0.4 is 16.2 Å². The molecule has 0 fully saturated rings. The number of aromatic hydroxyl groups is 1. The van der Waals surface area contributed by atoms with Gasteiger partial charge in [-0.3, -0.25) is 0 Å². The SMILES string of the molecule is CCN(CC)c1ccc(C=NNc2nncn2N)c(O)c1. The lowest BCUT2D eigenvalue weighted by atomic mass is 10.2. The third-order valence-corrected chi connectivity index (χ3v) is 3.08. The number of hydrogen-bond donors (Lipinski definition) is 3. The molecule has 2 aromatic rings. The number of hydrazone groups is 1. The Labute approximate surface area is 122 Å². The van der Waals surface area contributed by atoms with E-state index in [2.05, 4.69) is 39.5 Å². The Morgan fingerprint density at radius 1 is 1.43 bits per heavy atom. The van der Waals surface area contributed by atoms with Crippen LogP contribution in [0.4, 0.5) is 11.6 Å². The fourth-order valence-electron chi connectivity index (χ4n) is 1.91. The maximum absolute atomic E-state index is 10.0. The van der Waals surface area contributed by atoms with Crippen molar-refractivity contribution >= 4 is 17.9 Å². The number of phenolic OH excluding ortho intramolecular Hbond substituents is 1. The van der Waals surface area contributed by atoms with Gasteiger partial charge in [-0.15, -0.1) is 10.2 Å². The number of nitrogens with one attached hydrogen (secondary N) is 1. The predicted molar refractivity (Wildman–Crippen MR) is 83.1 cm³/mol. The van der Waals surface area contributed by atoms with E-state index in [-0.39, 0.29) is 5.75 Å². The molecule has 0 aliphatic rings. The summed E-state index contributed by atoms with van der Waals surface area (Å²) in [7, 11) is 0. The van der Waals surface area contributed by atoms with E-state index >= 15 is 0 Å². The molecular formula is C13H19N7O. The second kappa shape index (κ2) is 6.60. The molecule has 8 nitrogen and oxygen atoms in total. The van der Waals surface area contributed by atoms with Gasteiger partial charge in [-0.1, -0.05) is 0 Å². The quantitative estimate of drug-likeness (QED) is 0.416. The second-order valence-corrected chi connectivity index (χ2v) is 4.35. The van der Waals surface area contributed by atoms with Crippen molar-refractivity contribution in [2.45, 2.75) is 13.8 Å². The first-order valence-electron chi connectivity index (χ1n) is 6.67. The average molecular weight is 289 g/mol. The topological polar surface area (TPSA) is 105 Å². The van der Waals surface area contributed by atoms with Crippen LogP contribution in [-0.4, -0.2) is 39.3 Å². The van der Waals surface area contributed by atoms with Crippen LogP contribution in [0.25, 0.3) is 0 Å². The summed E-state index contributed by atoms with van der Waals surface area (Å²) in [4.78, 5) is 2.15. The van der Waals surface area contributed by atoms with Crippen LogP contribution in [0.1, 0.15) is 19.4 Å². The molecule has 1 heterocycles. The first-order chi connectivity index (χ1) is 10.2. The lowest BCUT2D eigenvalue weighted by Gasteiger charge is -2.21. The Morgan fingerprint density at radius 3 is 2.76 bits per heavy atom. The molecule has 112 valence electrons. The molecule has 4 N–H and O–H groups in total. The van der Waals surface area contributed by atoms with Crippen molar-refractivity contribution in [1.29, 1.82) is 0 Å². The van der Waals surface area contributed by atoms with E-state index in [9.17, 15) is 5.11 Å². The van der Waals surface area contributed by atoms with Crippen LogP contribution >= 0.6 is 0 Å². The molecule has 0 saturated carbocycles. The minimum Gasteiger partial charge on any atom is -0.507 e. The van der Waals surface area contributed by atoms with E-state index in [1.807, 2.05) is 6.07 Å². The van der Waals surface area contributed by atoms with Crippen LogP contribution in [0.3, 0.4) is 0 Å². The minimum absolute atomic E-state index is 0.166. The van der Waals surface area contributed by atoms with Crippen molar-refractivity contribution in [2.24, 2.45) is 5.10 Å². The van der Waals surface area contributed by atoms with Gasteiger partial charge in [0.15, 0.2) is 0 Å². The van der Waals surface area contributed by atoms with Gasteiger partial charge in [0, 0.05) is 30.4 Å². The number of hydrogen-bond acceptors (Lipinski definition) is 7. The van der Waals surface area contributed by atoms with Gasteiger partial charge in [-0.05, 0) is 26.0 Å². The molecule has 0 aliphatic carbocycles. The molecule has 0 radical (unpaired) electrons. The maximum Gasteiger partial charge on any atom is 0.263 e. The molecule has 1 aromatic carbocycles. The molecule has 0 spiro atoms. The molecule has 2 rings (SSSR count). The third-order valence-electron chi connectivity index (χ3n) is 3.08. The predicted octanol–water partition coefficient (Wildman–Crippen LogP) is 0.990. The summed E-state index contributed by atoms with van der Waals surface area (Å²) >= 11 is 0. The Hall–Kier alpha value is -2.77. The smallest absolute Gasteiger partial charge is 0.263 e. The lowest BCUT2D eigenvalue weighted by Crippen LogP contribution is -2.21. The maximum atomic E-state index is 10.0. The Bertz CT molecular complexity index is 619. The standard InChI is InChI=1S/C13H19N7O/c1-3-19(4-2)11-6-5-10(12(21)7-11)8-15-17-13-18-16-9-20(13)14/h5-9,21H,3-4,14H2,1-2H3,(H,17,18). The number of aromatic nitrogens is 3. The van der Waals surface area contributed by atoms with Gasteiger partial charge in [-0.25, -0.2) is 10.1 Å². The zero-order valence-corrected chi connectivity index (χ0v) is 12.1. The molecule has 21 heavy (non-hydrogen) atoms. The summed E-state index contributed by atoms with van der Waals surface area (Å²) in [5.41, 5.74) is 4.22. The highest BCUT2D eigenvalue weighted by Gasteiger charge is 2.05. The van der Waals surface area contributed by atoms with E-state index < -0.39 is 0 Å². The molecule has 0 saturated heterocycles. The van der Waals surface area contributed by atoms with Gasteiger partial charge in [0.25, 0.3) is 5.95 Å². The Balaban J connectivity index is 2.09. The van der Waals surface area contributed by atoms with Crippen molar-refractivity contribution in [3.8, 4) is 5.75 Å². The van der Waals surface area contributed by atoms with Gasteiger partial charge < -0.3 is 15.8 Å². The summed E-state index contributed by atoms with van der Waals surface area (Å²) in [6.07, 6.45) is 2.85. The highest BCUT2D eigenvalue weighted by molar-refractivity contribution is 5.84.